The van der Waals surface area contributed by atoms with Gasteiger partial charge in [0.15, 0.2) is 0 Å². The standard InChI is InChI=1S/C13H14N2/c1-9-8-12(11(3)15-10(9)2)13-6-4-5-7-14-13/h4-8H,1-3H3. The fourth-order valence-corrected chi connectivity index (χ4v) is 1.61. The third kappa shape index (κ3) is 1.89. The Balaban J connectivity index is 2.59. The summed E-state index contributed by atoms with van der Waals surface area (Å²) in [6.07, 6.45) is 1.81. The summed E-state index contributed by atoms with van der Waals surface area (Å²) in [7, 11) is 0. The Morgan fingerprint density at radius 3 is 2.47 bits per heavy atom. The molecular weight excluding hydrogens is 184 g/mol. The van der Waals surface area contributed by atoms with Gasteiger partial charge < -0.3 is 0 Å². The molecular formula is C13H14N2. The summed E-state index contributed by atoms with van der Waals surface area (Å²) < 4.78 is 0. The number of hydrogen-bond donors (Lipinski definition) is 0. The average Bonchev–Trinajstić information content (AvgIpc) is 2.25. The second-order valence-electron chi connectivity index (χ2n) is 3.74. The summed E-state index contributed by atoms with van der Waals surface area (Å²) >= 11 is 0. The molecule has 0 saturated carbocycles. The molecule has 2 heteroatoms. The molecule has 0 radical (unpaired) electrons. The SMILES string of the molecule is Cc1cc(-c2ccccn2)c(C)nc1C. The van der Waals surface area contributed by atoms with Gasteiger partial charge in [-0.1, -0.05) is 6.07 Å². The molecule has 0 amide bonds. The lowest BCUT2D eigenvalue weighted by atomic mass is 10.1. The second kappa shape index (κ2) is 3.81. The van der Waals surface area contributed by atoms with Crippen molar-refractivity contribution in [1.29, 1.82) is 0 Å². The monoisotopic (exact) mass is 198 g/mol. The maximum Gasteiger partial charge on any atom is 0.0720 e. The number of rotatable bonds is 1. The van der Waals surface area contributed by atoms with E-state index in [1.165, 1.54) is 5.56 Å². The van der Waals surface area contributed by atoms with E-state index in [9.17, 15) is 0 Å². The molecule has 2 aromatic heterocycles. The van der Waals surface area contributed by atoms with Gasteiger partial charge in [-0.15, -0.1) is 0 Å². The van der Waals surface area contributed by atoms with Crippen molar-refractivity contribution in [1.82, 2.24) is 9.97 Å². The van der Waals surface area contributed by atoms with Gasteiger partial charge in [-0.05, 0) is 44.5 Å². The highest BCUT2D eigenvalue weighted by Crippen LogP contribution is 2.21. The van der Waals surface area contributed by atoms with Gasteiger partial charge in [-0.25, -0.2) is 0 Å². The fourth-order valence-electron chi connectivity index (χ4n) is 1.61. The molecule has 0 unspecified atom stereocenters. The third-order valence-electron chi connectivity index (χ3n) is 2.60. The highest BCUT2D eigenvalue weighted by atomic mass is 14.7. The van der Waals surface area contributed by atoms with E-state index in [-0.39, 0.29) is 0 Å². The van der Waals surface area contributed by atoms with E-state index >= 15 is 0 Å². The van der Waals surface area contributed by atoms with Crippen LogP contribution in [-0.2, 0) is 0 Å². The van der Waals surface area contributed by atoms with E-state index in [4.69, 9.17) is 0 Å². The van der Waals surface area contributed by atoms with E-state index in [0.29, 0.717) is 0 Å². The Labute approximate surface area is 90.0 Å². The van der Waals surface area contributed by atoms with Crippen LogP contribution in [0.3, 0.4) is 0 Å². The van der Waals surface area contributed by atoms with Crippen LogP contribution in [0, 0.1) is 20.8 Å². The van der Waals surface area contributed by atoms with Crippen LogP contribution in [0.2, 0.25) is 0 Å². The van der Waals surface area contributed by atoms with Crippen molar-refractivity contribution in [2.45, 2.75) is 20.8 Å². The molecule has 0 saturated heterocycles. The Morgan fingerprint density at radius 1 is 1.00 bits per heavy atom. The van der Waals surface area contributed by atoms with Crippen molar-refractivity contribution < 1.29 is 0 Å². The Kier molecular flexibility index (Phi) is 2.50. The largest absolute Gasteiger partial charge is 0.258 e. The zero-order valence-electron chi connectivity index (χ0n) is 9.28. The quantitative estimate of drug-likeness (QED) is 0.703. The Hall–Kier alpha value is -1.70. The normalized spacial score (nSPS) is 10.3. The smallest absolute Gasteiger partial charge is 0.0720 e. The Bertz CT molecular complexity index is 475. The summed E-state index contributed by atoms with van der Waals surface area (Å²) in [5.74, 6) is 0. The number of pyridine rings is 2. The van der Waals surface area contributed by atoms with E-state index < -0.39 is 0 Å². The molecule has 0 atom stereocenters. The molecule has 2 aromatic rings. The zero-order valence-corrected chi connectivity index (χ0v) is 9.28. The predicted octanol–water partition coefficient (Wildman–Crippen LogP) is 3.07. The second-order valence-corrected chi connectivity index (χ2v) is 3.74. The number of nitrogens with zero attached hydrogens (tertiary/aromatic N) is 2. The summed E-state index contributed by atoms with van der Waals surface area (Å²) in [4.78, 5) is 8.85. The number of aryl methyl sites for hydroxylation is 3. The van der Waals surface area contributed by atoms with Crippen LogP contribution in [-0.4, -0.2) is 9.97 Å². The van der Waals surface area contributed by atoms with E-state index in [1.54, 1.807) is 0 Å². The molecule has 0 aromatic carbocycles. The first-order valence-electron chi connectivity index (χ1n) is 5.05. The van der Waals surface area contributed by atoms with E-state index in [0.717, 1.165) is 22.6 Å². The van der Waals surface area contributed by atoms with Crippen LogP contribution in [0.25, 0.3) is 11.3 Å². The minimum absolute atomic E-state index is 0.991. The van der Waals surface area contributed by atoms with Gasteiger partial charge >= 0.3 is 0 Å². The van der Waals surface area contributed by atoms with E-state index in [1.807, 2.05) is 38.2 Å². The Morgan fingerprint density at radius 2 is 1.80 bits per heavy atom. The summed E-state index contributed by atoms with van der Waals surface area (Å²) in [6, 6.07) is 8.09. The lowest BCUT2D eigenvalue weighted by Gasteiger charge is -2.07. The van der Waals surface area contributed by atoms with Crippen molar-refractivity contribution in [3.8, 4) is 11.3 Å². The first-order valence-corrected chi connectivity index (χ1v) is 5.05. The highest BCUT2D eigenvalue weighted by molar-refractivity contribution is 5.62. The molecule has 0 bridgehead atoms. The molecule has 2 rings (SSSR count). The maximum atomic E-state index is 4.51. The topological polar surface area (TPSA) is 25.8 Å². The fraction of sp³-hybridized carbons (Fsp3) is 0.231. The summed E-state index contributed by atoms with van der Waals surface area (Å²) in [6.45, 7) is 6.13. The highest BCUT2D eigenvalue weighted by Gasteiger charge is 2.05. The van der Waals surface area contributed by atoms with Gasteiger partial charge in [0.05, 0.1) is 5.69 Å². The van der Waals surface area contributed by atoms with Gasteiger partial charge in [0.1, 0.15) is 0 Å². The molecule has 76 valence electrons. The third-order valence-corrected chi connectivity index (χ3v) is 2.60. The predicted molar refractivity (Wildman–Crippen MR) is 61.7 cm³/mol. The van der Waals surface area contributed by atoms with Crippen LogP contribution < -0.4 is 0 Å². The van der Waals surface area contributed by atoms with Gasteiger partial charge in [0.2, 0.25) is 0 Å². The van der Waals surface area contributed by atoms with Gasteiger partial charge in [-0.2, -0.15) is 0 Å². The first-order chi connectivity index (χ1) is 7.18. The molecule has 0 N–H and O–H groups in total. The van der Waals surface area contributed by atoms with Crippen LogP contribution in [0.5, 0.6) is 0 Å². The van der Waals surface area contributed by atoms with Gasteiger partial charge in [-0.3, -0.25) is 9.97 Å². The van der Waals surface area contributed by atoms with Crippen LogP contribution in [0.4, 0.5) is 0 Å². The summed E-state index contributed by atoms with van der Waals surface area (Å²) in [5, 5.41) is 0. The lowest BCUT2D eigenvalue weighted by molar-refractivity contribution is 1.09. The van der Waals surface area contributed by atoms with E-state index in [2.05, 4.69) is 23.0 Å². The number of aromatic nitrogens is 2. The maximum absolute atomic E-state index is 4.51. The molecule has 0 aliphatic carbocycles. The van der Waals surface area contributed by atoms with Crippen LogP contribution >= 0.6 is 0 Å². The van der Waals surface area contributed by atoms with Crippen molar-refractivity contribution in [3.63, 3.8) is 0 Å². The van der Waals surface area contributed by atoms with Crippen molar-refractivity contribution in [2.75, 3.05) is 0 Å². The molecule has 2 heterocycles. The molecule has 0 spiro atoms. The van der Waals surface area contributed by atoms with Gasteiger partial charge in [0.25, 0.3) is 0 Å². The summed E-state index contributed by atoms with van der Waals surface area (Å²) in [5.41, 5.74) is 5.45. The molecule has 0 aliphatic rings. The number of hydrogen-bond acceptors (Lipinski definition) is 2. The minimum Gasteiger partial charge on any atom is -0.258 e. The van der Waals surface area contributed by atoms with Crippen molar-refractivity contribution in [3.05, 3.63) is 47.4 Å². The molecule has 0 fully saturated rings. The first kappa shape index (κ1) is 9.84. The van der Waals surface area contributed by atoms with Crippen LogP contribution in [0.1, 0.15) is 17.0 Å². The van der Waals surface area contributed by atoms with Crippen molar-refractivity contribution >= 4 is 0 Å². The minimum atomic E-state index is 0.991. The van der Waals surface area contributed by atoms with Crippen LogP contribution in [0.15, 0.2) is 30.5 Å². The van der Waals surface area contributed by atoms with Gasteiger partial charge in [0, 0.05) is 23.1 Å². The molecule has 0 aliphatic heterocycles. The lowest BCUT2D eigenvalue weighted by Crippen LogP contribution is -1.95. The van der Waals surface area contributed by atoms with Crippen molar-refractivity contribution in [2.24, 2.45) is 0 Å². The molecule has 2 nitrogen and oxygen atoms in total. The molecule has 15 heavy (non-hydrogen) atoms. The zero-order chi connectivity index (χ0) is 10.8. The average molecular weight is 198 g/mol.